The van der Waals surface area contributed by atoms with Crippen LogP contribution in [0.2, 0.25) is 10.3 Å². The number of imidazole rings is 1. The van der Waals surface area contributed by atoms with E-state index in [2.05, 4.69) is 4.98 Å². The molecular formula is C16H12Cl2N4O2S. The smallest absolute Gasteiger partial charge is 0.303 e. The summed E-state index contributed by atoms with van der Waals surface area (Å²) >= 11 is 14.3. The van der Waals surface area contributed by atoms with Crippen molar-refractivity contribution in [2.75, 3.05) is 0 Å². The van der Waals surface area contributed by atoms with Crippen molar-refractivity contribution < 1.29 is 0 Å². The predicted octanol–water partition coefficient (Wildman–Crippen LogP) is 3.00. The number of hydrogen-bond donors (Lipinski definition) is 0. The van der Waals surface area contributed by atoms with Gasteiger partial charge in [-0.25, -0.2) is 4.79 Å². The van der Waals surface area contributed by atoms with Crippen molar-refractivity contribution in [1.29, 1.82) is 0 Å². The molecule has 0 aliphatic rings. The van der Waals surface area contributed by atoms with E-state index in [1.54, 1.807) is 23.0 Å². The Kier molecular flexibility index (Phi) is 3.75. The Morgan fingerprint density at radius 1 is 1.12 bits per heavy atom. The number of aryl methyl sites for hydroxylation is 1. The topological polar surface area (TPSA) is 61.8 Å². The first-order valence-electron chi connectivity index (χ1n) is 7.37. The summed E-state index contributed by atoms with van der Waals surface area (Å²) in [6.45, 7) is 0.307. The molecular weight excluding hydrogens is 383 g/mol. The van der Waals surface area contributed by atoms with Crippen molar-refractivity contribution in [3.05, 3.63) is 60.3 Å². The maximum Gasteiger partial charge on any atom is 0.332 e. The molecule has 0 unspecified atom stereocenters. The van der Waals surface area contributed by atoms with E-state index in [1.165, 1.54) is 11.6 Å². The summed E-state index contributed by atoms with van der Waals surface area (Å²) in [4.78, 5) is 29.7. The first kappa shape index (κ1) is 16.4. The number of halogens is 2. The fourth-order valence-electron chi connectivity index (χ4n) is 2.87. The Morgan fingerprint density at radius 2 is 1.84 bits per heavy atom. The predicted molar refractivity (Wildman–Crippen MR) is 101 cm³/mol. The second-order valence-electron chi connectivity index (χ2n) is 5.68. The Labute approximate surface area is 155 Å². The van der Waals surface area contributed by atoms with Crippen LogP contribution >= 0.6 is 34.5 Å². The standard InChI is InChI=1S/C16H12Cl2N4O2S/c1-20-13-12(14(23)21(2)16(20)24)22(15(18)19-13)7-10-11(17)8-5-3-4-6-9(8)25-10/h3-6H,7H2,1-2H3. The van der Waals surface area contributed by atoms with E-state index in [-0.39, 0.29) is 16.4 Å². The molecule has 0 N–H and O–H groups in total. The lowest BCUT2D eigenvalue weighted by atomic mass is 10.2. The van der Waals surface area contributed by atoms with Gasteiger partial charge < -0.3 is 4.57 Å². The van der Waals surface area contributed by atoms with Gasteiger partial charge >= 0.3 is 5.69 Å². The van der Waals surface area contributed by atoms with Crippen LogP contribution in [0.1, 0.15) is 4.88 Å². The van der Waals surface area contributed by atoms with E-state index < -0.39 is 11.2 Å². The largest absolute Gasteiger partial charge is 0.332 e. The van der Waals surface area contributed by atoms with Gasteiger partial charge in [-0.2, -0.15) is 4.98 Å². The fourth-order valence-corrected chi connectivity index (χ4v) is 4.58. The molecule has 3 heterocycles. The van der Waals surface area contributed by atoms with Crippen molar-refractivity contribution in [1.82, 2.24) is 18.7 Å². The van der Waals surface area contributed by atoms with E-state index in [0.717, 1.165) is 19.5 Å². The Balaban J connectivity index is 1.98. The molecule has 0 saturated heterocycles. The second kappa shape index (κ2) is 5.72. The number of benzene rings is 1. The SMILES string of the molecule is Cn1c(=O)c2c(nc(Cl)n2Cc2sc3ccccc3c2Cl)n(C)c1=O. The molecule has 0 bridgehead atoms. The minimum absolute atomic E-state index is 0.141. The number of rotatable bonds is 2. The molecule has 6 nitrogen and oxygen atoms in total. The van der Waals surface area contributed by atoms with Crippen LogP contribution in [0.4, 0.5) is 0 Å². The molecule has 25 heavy (non-hydrogen) atoms. The van der Waals surface area contributed by atoms with Crippen LogP contribution in [0, 0.1) is 0 Å². The fraction of sp³-hybridized carbons (Fsp3) is 0.188. The first-order chi connectivity index (χ1) is 11.9. The van der Waals surface area contributed by atoms with Gasteiger partial charge in [0, 0.05) is 29.1 Å². The second-order valence-corrected chi connectivity index (χ2v) is 7.53. The zero-order valence-electron chi connectivity index (χ0n) is 13.3. The highest BCUT2D eigenvalue weighted by Crippen LogP contribution is 2.36. The number of aromatic nitrogens is 4. The number of fused-ring (bicyclic) bond motifs is 2. The van der Waals surface area contributed by atoms with Crippen LogP contribution in [0.15, 0.2) is 33.9 Å². The Bertz CT molecular complexity index is 1270. The summed E-state index contributed by atoms with van der Waals surface area (Å²) in [7, 11) is 2.99. The van der Waals surface area contributed by atoms with Gasteiger partial charge in [0.15, 0.2) is 11.2 Å². The molecule has 0 aliphatic heterocycles. The summed E-state index contributed by atoms with van der Waals surface area (Å²) in [6, 6.07) is 7.82. The highest BCUT2D eigenvalue weighted by Gasteiger charge is 2.20. The lowest BCUT2D eigenvalue weighted by molar-refractivity contribution is 0.703. The molecule has 4 rings (SSSR count). The van der Waals surface area contributed by atoms with E-state index in [9.17, 15) is 9.59 Å². The zero-order valence-corrected chi connectivity index (χ0v) is 15.6. The van der Waals surface area contributed by atoms with Crippen LogP contribution < -0.4 is 11.2 Å². The summed E-state index contributed by atoms with van der Waals surface area (Å²) < 4.78 is 5.01. The molecule has 0 aliphatic carbocycles. The highest BCUT2D eigenvalue weighted by atomic mass is 35.5. The van der Waals surface area contributed by atoms with E-state index in [1.807, 2.05) is 24.3 Å². The lowest BCUT2D eigenvalue weighted by Gasteiger charge is -2.06. The highest BCUT2D eigenvalue weighted by molar-refractivity contribution is 7.19. The minimum Gasteiger partial charge on any atom is -0.303 e. The molecule has 0 spiro atoms. The molecule has 0 atom stereocenters. The van der Waals surface area contributed by atoms with Gasteiger partial charge in [0.05, 0.1) is 11.6 Å². The summed E-state index contributed by atoms with van der Waals surface area (Å²) in [5.74, 6) is 0. The first-order valence-corrected chi connectivity index (χ1v) is 8.95. The minimum atomic E-state index is -0.446. The van der Waals surface area contributed by atoms with Crippen molar-refractivity contribution in [2.45, 2.75) is 6.54 Å². The summed E-state index contributed by atoms with van der Waals surface area (Å²) in [5.41, 5.74) is -0.341. The number of nitrogens with zero attached hydrogens (tertiary/aromatic N) is 4. The van der Waals surface area contributed by atoms with Crippen molar-refractivity contribution >= 4 is 55.8 Å². The van der Waals surface area contributed by atoms with E-state index >= 15 is 0 Å². The molecule has 9 heteroatoms. The normalized spacial score (nSPS) is 11.7. The Hall–Kier alpha value is -2.09. The molecule has 0 saturated carbocycles. The molecule has 128 valence electrons. The van der Waals surface area contributed by atoms with Gasteiger partial charge in [-0.15, -0.1) is 11.3 Å². The monoisotopic (exact) mass is 394 g/mol. The van der Waals surface area contributed by atoms with Crippen LogP contribution in [0.25, 0.3) is 21.3 Å². The van der Waals surface area contributed by atoms with Gasteiger partial charge in [-0.1, -0.05) is 29.8 Å². The molecule has 1 aromatic carbocycles. The molecule has 3 aromatic heterocycles. The molecule has 0 radical (unpaired) electrons. The van der Waals surface area contributed by atoms with Crippen molar-refractivity contribution in [2.24, 2.45) is 14.1 Å². The van der Waals surface area contributed by atoms with Crippen molar-refractivity contribution in [3.8, 4) is 0 Å². The lowest BCUT2D eigenvalue weighted by Crippen LogP contribution is -2.37. The van der Waals surface area contributed by atoms with Crippen LogP contribution in [-0.4, -0.2) is 18.7 Å². The van der Waals surface area contributed by atoms with E-state index in [0.29, 0.717) is 11.6 Å². The maximum absolute atomic E-state index is 12.6. The number of thiophene rings is 1. The number of hydrogen-bond acceptors (Lipinski definition) is 4. The third kappa shape index (κ3) is 2.34. The van der Waals surface area contributed by atoms with Gasteiger partial charge in [0.2, 0.25) is 5.28 Å². The summed E-state index contributed by atoms with van der Waals surface area (Å²) in [6.07, 6.45) is 0. The van der Waals surface area contributed by atoms with Crippen LogP contribution in [-0.2, 0) is 20.6 Å². The summed E-state index contributed by atoms with van der Waals surface area (Å²) in [5, 5.41) is 1.74. The van der Waals surface area contributed by atoms with Crippen molar-refractivity contribution in [3.63, 3.8) is 0 Å². The van der Waals surface area contributed by atoms with Gasteiger partial charge in [-0.05, 0) is 17.7 Å². The Morgan fingerprint density at radius 3 is 2.56 bits per heavy atom. The quantitative estimate of drug-likeness (QED) is 0.491. The van der Waals surface area contributed by atoms with Crippen LogP contribution in [0.5, 0.6) is 0 Å². The van der Waals surface area contributed by atoms with E-state index in [4.69, 9.17) is 23.2 Å². The molecule has 0 amide bonds. The molecule has 0 fully saturated rings. The van der Waals surface area contributed by atoms with Gasteiger partial charge in [0.1, 0.15) is 0 Å². The maximum atomic E-state index is 12.6. The molecule has 4 aromatic rings. The average molecular weight is 395 g/mol. The van der Waals surface area contributed by atoms with Gasteiger partial charge in [0.25, 0.3) is 5.56 Å². The average Bonchev–Trinajstić information content (AvgIpc) is 3.10. The third-order valence-electron chi connectivity index (χ3n) is 4.20. The van der Waals surface area contributed by atoms with Crippen LogP contribution in [0.3, 0.4) is 0 Å². The zero-order chi connectivity index (χ0) is 17.9. The third-order valence-corrected chi connectivity index (χ3v) is 6.19. The van der Waals surface area contributed by atoms with Gasteiger partial charge in [-0.3, -0.25) is 13.9 Å².